The number of rotatable bonds is 11. The second-order valence-electron chi connectivity index (χ2n) is 5.87. The highest BCUT2D eigenvalue weighted by molar-refractivity contribution is 5.18. The maximum atomic E-state index is 13.1. The zero-order valence-corrected chi connectivity index (χ0v) is 13.1. The van der Waals surface area contributed by atoms with Gasteiger partial charge >= 0.3 is 0 Å². The number of hydrogen-bond acceptors (Lipinski definition) is 1. The van der Waals surface area contributed by atoms with Crippen LogP contribution in [0.4, 0.5) is 8.78 Å². The molecule has 1 atom stereocenters. The van der Waals surface area contributed by atoms with Gasteiger partial charge in [0.25, 0.3) is 0 Å². The van der Waals surface area contributed by atoms with Crippen molar-refractivity contribution in [1.82, 2.24) is 0 Å². The van der Waals surface area contributed by atoms with E-state index in [1.165, 1.54) is 50.7 Å². The lowest BCUT2D eigenvalue weighted by Crippen LogP contribution is -2.10. The average Bonchev–Trinajstić information content (AvgIpc) is 2.46. The van der Waals surface area contributed by atoms with Crippen molar-refractivity contribution in [3.05, 3.63) is 35.4 Å². The highest BCUT2D eigenvalue weighted by Gasteiger charge is 2.08. The smallest absolute Gasteiger partial charge is 0.159 e. The lowest BCUT2D eigenvalue weighted by Gasteiger charge is -2.10. The third-order valence-electron chi connectivity index (χ3n) is 3.85. The minimum atomic E-state index is -0.841. The molecule has 0 bridgehead atoms. The van der Waals surface area contributed by atoms with Gasteiger partial charge in [0.2, 0.25) is 0 Å². The molecule has 3 heteroatoms. The first-order chi connectivity index (χ1) is 10.1. The zero-order chi connectivity index (χ0) is 15.5. The van der Waals surface area contributed by atoms with E-state index >= 15 is 0 Å². The molecule has 0 aliphatic rings. The van der Waals surface area contributed by atoms with E-state index in [0.717, 1.165) is 25.3 Å². The summed E-state index contributed by atoms with van der Waals surface area (Å²) in [6.07, 6.45) is 10.5. The fourth-order valence-electron chi connectivity index (χ4n) is 2.55. The molecule has 1 aromatic rings. The van der Waals surface area contributed by atoms with Crippen molar-refractivity contribution >= 4 is 0 Å². The number of aliphatic hydroxyl groups is 1. The largest absolute Gasteiger partial charge is 0.393 e. The number of aliphatic hydroxyl groups excluding tert-OH is 1. The predicted octanol–water partition coefficient (Wildman–Crippen LogP) is 5.40. The Hall–Kier alpha value is -0.960. The van der Waals surface area contributed by atoms with Crippen LogP contribution in [0.1, 0.15) is 70.3 Å². The maximum absolute atomic E-state index is 13.1. The second kappa shape index (κ2) is 10.7. The van der Waals surface area contributed by atoms with E-state index in [1.807, 2.05) is 0 Å². The molecular weight excluding hydrogens is 270 g/mol. The molecule has 0 amide bonds. The minimum absolute atomic E-state index is 0.397. The summed E-state index contributed by atoms with van der Waals surface area (Å²) in [4.78, 5) is 0. The Morgan fingerprint density at radius 3 is 2.14 bits per heavy atom. The van der Waals surface area contributed by atoms with E-state index < -0.39 is 17.7 Å². The third-order valence-corrected chi connectivity index (χ3v) is 3.85. The summed E-state index contributed by atoms with van der Waals surface area (Å²) in [7, 11) is 0. The van der Waals surface area contributed by atoms with Gasteiger partial charge in [-0.05, 0) is 30.5 Å². The first kappa shape index (κ1) is 18.1. The van der Waals surface area contributed by atoms with Gasteiger partial charge in [0.1, 0.15) is 0 Å². The van der Waals surface area contributed by atoms with Crippen LogP contribution in [-0.2, 0) is 6.42 Å². The van der Waals surface area contributed by atoms with Crippen molar-refractivity contribution in [2.45, 2.75) is 77.2 Å². The molecule has 0 fully saturated rings. The third kappa shape index (κ3) is 8.15. The van der Waals surface area contributed by atoms with Crippen LogP contribution in [0.2, 0.25) is 0 Å². The summed E-state index contributed by atoms with van der Waals surface area (Å²) in [6, 6.07) is 3.83. The molecule has 0 aliphatic heterocycles. The predicted molar refractivity (Wildman–Crippen MR) is 83.3 cm³/mol. The summed E-state index contributed by atoms with van der Waals surface area (Å²) in [5.41, 5.74) is 0.654. The summed E-state index contributed by atoms with van der Waals surface area (Å²) in [6.45, 7) is 2.22. The van der Waals surface area contributed by atoms with Crippen molar-refractivity contribution in [2.24, 2.45) is 0 Å². The topological polar surface area (TPSA) is 20.2 Å². The molecule has 1 aromatic carbocycles. The molecule has 0 radical (unpaired) electrons. The SMILES string of the molecule is CCCCCCCCCCC(O)Cc1ccc(F)c(F)c1. The summed E-state index contributed by atoms with van der Waals surface area (Å²) in [5.74, 6) is -1.68. The molecule has 120 valence electrons. The quantitative estimate of drug-likeness (QED) is 0.542. The van der Waals surface area contributed by atoms with Crippen molar-refractivity contribution < 1.29 is 13.9 Å². The van der Waals surface area contributed by atoms with E-state index in [2.05, 4.69) is 6.92 Å². The van der Waals surface area contributed by atoms with Crippen molar-refractivity contribution in [3.63, 3.8) is 0 Å². The lowest BCUT2D eigenvalue weighted by molar-refractivity contribution is 0.160. The van der Waals surface area contributed by atoms with Gasteiger partial charge in [-0.2, -0.15) is 0 Å². The zero-order valence-electron chi connectivity index (χ0n) is 13.1. The molecule has 1 nitrogen and oxygen atoms in total. The van der Waals surface area contributed by atoms with Crippen LogP contribution in [-0.4, -0.2) is 11.2 Å². The van der Waals surface area contributed by atoms with Gasteiger partial charge in [-0.1, -0.05) is 64.4 Å². The van der Waals surface area contributed by atoms with Crippen LogP contribution >= 0.6 is 0 Å². The average molecular weight is 298 g/mol. The fourth-order valence-corrected chi connectivity index (χ4v) is 2.55. The standard InChI is InChI=1S/C18H28F2O/c1-2-3-4-5-6-7-8-9-10-16(21)13-15-11-12-17(19)18(20)14-15/h11-12,14,16,21H,2-10,13H2,1H3. The monoisotopic (exact) mass is 298 g/mol. The van der Waals surface area contributed by atoms with Crippen LogP contribution in [0, 0.1) is 11.6 Å². The Bertz CT molecular complexity index is 393. The Balaban J connectivity index is 2.08. The summed E-state index contributed by atoms with van der Waals surface area (Å²) < 4.78 is 25.9. The number of hydrogen-bond donors (Lipinski definition) is 1. The van der Waals surface area contributed by atoms with E-state index in [1.54, 1.807) is 0 Å². The Morgan fingerprint density at radius 1 is 0.905 bits per heavy atom. The molecule has 0 saturated carbocycles. The molecule has 0 aliphatic carbocycles. The highest BCUT2D eigenvalue weighted by Crippen LogP contribution is 2.14. The number of halogens is 2. The molecular formula is C18H28F2O. The van der Waals surface area contributed by atoms with E-state index in [4.69, 9.17) is 0 Å². The van der Waals surface area contributed by atoms with Gasteiger partial charge in [-0.25, -0.2) is 8.78 Å². The minimum Gasteiger partial charge on any atom is -0.393 e. The molecule has 1 unspecified atom stereocenters. The molecule has 21 heavy (non-hydrogen) atoms. The Morgan fingerprint density at radius 2 is 1.52 bits per heavy atom. The molecule has 0 aromatic heterocycles. The lowest BCUT2D eigenvalue weighted by atomic mass is 10.0. The van der Waals surface area contributed by atoms with Crippen molar-refractivity contribution in [3.8, 4) is 0 Å². The van der Waals surface area contributed by atoms with Gasteiger partial charge in [0.05, 0.1) is 6.10 Å². The molecule has 1 N–H and O–H groups in total. The molecule has 0 heterocycles. The Labute approximate surface area is 127 Å². The first-order valence-electron chi connectivity index (χ1n) is 8.25. The van der Waals surface area contributed by atoms with E-state index in [0.29, 0.717) is 12.0 Å². The Kier molecular flexibility index (Phi) is 9.24. The van der Waals surface area contributed by atoms with Crippen LogP contribution in [0.15, 0.2) is 18.2 Å². The van der Waals surface area contributed by atoms with Crippen molar-refractivity contribution in [2.75, 3.05) is 0 Å². The summed E-state index contributed by atoms with van der Waals surface area (Å²) >= 11 is 0. The van der Waals surface area contributed by atoms with Gasteiger partial charge in [-0.15, -0.1) is 0 Å². The fraction of sp³-hybridized carbons (Fsp3) is 0.667. The van der Waals surface area contributed by atoms with Crippen LogP contribution in [0.5, 0.6) is 0 Å². The van der Waals surface area contributed by atoms with E-state index in [9.17, 15) is 13.9 Å². The maximum Gasteiger partial charge on any atom is 0.159 e. The van der Waals surface area contributed by atoms with Gasteiger partial charge < -0.3 is 5.11 Å². The number of benzene rings is 1. The first-order valence-corrected chi connectivity index (χ1v) is 8.25. The van der Waals surface area contributed by atoms with Gasteiger partial charge in [0, 0.05) is 0 Å². The van der Waals surface area contributed by atoms with E-state index in [-0.39, 0.29) is 0 Å². The van der Waals surface area contributed by atoms with Crippen molar-refractivity contribution in [1.29, 1.82) is 0 Å². The second-order valence-corrected chi connectivity index (χ2v) is 5.87. The molecule has 0 spiro atoms. The number of unbranched alkanes of at least 4 members (excludes halogenated alkanes) is 7. The normalized spacial score (nSPS) is 12.6. The van der Waals surface area contributed by atoms with Gasteiger partial charge in [-0.3, -0.25) is 0 Å². The summed E-state index contributed by atoms with van der Waals surface area (Å²) in [5, 5.41) is 9.92. The van der Waals surface area contributed by atoms with Crippen LogP contribution < -0.4 is 0 Å². The highest BCUT2D eigenvalue weighted by atomic mass is 19.2. The van der Waals surface area contributed by atoms with Crippen LogP contribution in [0.3, 0.4) is 0 Å². The van der Waals surface area contributed by atoms with Crippen LogP contribution in [0.25, 0.3) is 0 Å². The molecule has 0 saturated heterocycles. The molecule has 1 rings (SSSR count). The van der Waals surface area contributed by atoms with Gasteiger partial charge in [0.15, 0.2) is 11.6 Å².